The van der Waals surface area contributed by atoms with Gasteiger partial charge in [0, 0.05) is 31.7 Å². The fourth-order valence-corrected chi connectivity index (χ4v) is 2.85. The Labute approximate surface area is 142 Å². The SMILES string of the molecule is O=c1oc2cccnc2n1CCn1ccnc1[C@@H](O)c1ccccc1. The Hall–Kier alpha value is -3.19. The molecule has 0 unspecified atom stereocenters. The largest absolute Gasteiger partial charge is 0.421 e. The summed E-state index contributed by atoms with van der Waals surface area (Å²) >= 11 is 0. The van der Waals surface area contributed by atoms with Gasteiger partial charge in [0.1, 0.15) is 11.9 Å². The molecule has 4 rings (SSSR count). The number of hydrogen-bond donors (Lipinski definition) is 1. The summed E-state index contributed by atoms with van der Waals surface area (Å²) in [5, 5.41) is 10.6. The lowest BCUT2D eigenvalue weighted by atomic mass is 10.1. The zero-order chi connectivity index (χ0) is 17.2. The number of oxazole rings is 1. The van der Waals surface area contributed by atoms with Crippen LogP contribution in [-0.2, 0) is 13.1 Å². The van der Waals surface area contributed by atoms with Crippen molar-refractivity contribution in [2.45, 2.75) is 19.2 Å². The fraction of sp³-hybridized carbons (Fsp3) is 0.167. The molecule has 0 fully saturated rings. The van der Waals surface area contributed by atoms with Gasteiger partial charge in [0.15, 0.2) is 11.2 Å². The van der Waals surface area contributed by atoms with Crippen LogP contribution in [0.1, 0.15) is 17.5 Å². The number of aliphatic hydroxyl groups is 1. The fourth-order valence-electron chi connectivity index (χ4n) is 2.85. The maximum absolute atomic E-state index is 12.0. The summed E-state index contributed by atoms with van der Waals surface area (Å²) < 4.78 is 8.49. The summed E-state index contributed by atoms with van der Waals surface area (Å²) in [7, 11) is 0. The normalized spacial score (nSPS) is 12.5. The second kappa shape index (κ2) is 6.37. The van der Waals surface area contributed by atoms with Crippen molar-refractivity contribution in [2.24, 2.45) is 0 Å². The number of rotatable bonds is 5. The number of aromatic nitrogens is 4. The topological polar surface area (TPSA) is 86.1 Å². The molecule has 0 saturated heterocycles. The van der Waals surface area contributed by atoms with E-state index in [9.17, 15) is 9.90 Å². The predicted octanol–water partition coefficient (Wildman–Crippen LogP) is 1.97. The quantitative estimate of drug-likeness (QED) is 0.602. The lowest BCUT2D eigenvalue weighted by Crippen LogP contribution is -2.19. The van der Waals surface area contributed by atoms with Crippen LogP contribution in [0.2, 0.25) is 0 Å². The molecule has 3 heterocycles. The smallest absolute Gasteiger partial charge is 0.406 e. The Kier molecular flexibility index (Phi) is 3.91. The van der Waals surface area contributed by atoms with Crippen LogP contribution in [0.15, 0.2) is 70.3 Å². The standard InChI is InChI=1S/C18H16N4O3/c23-15(13-5-2-1-3-6-13)17-20-9-10-21(17)11-12-22-16-14(25-18(22)24)7-4-8-19-16/h1-10,15,23H,11-12H2/t15-/m0/s1. The minimum absolute atomic E-state index is 0.369. The molecule has 126 valence electrons. The number of hydrogen-bond acceptors (Lipinski definition) is 5. The molecular formula is C18H16N4O3. The third-order valence-corrected chi connectivity index (χ3v) is 4.10. The molecular weight excluding hydrogens is 320 g/mol. The van der Waals surface area contributed by atoms with Crippen LogP contribution >= 0.6 is 0 Å². The molecule has 0 spiro atoms. The van der Waals surface area contributed by atoms with Crippen LogP contribution in [0.5, 0.6) is 0 Å². The third kappa shape index (κ3) is 2.85. The second-order valence-electron chi connectivity index (χ2n) is 5.64. The minimum Gasteiger partial charge on any atom is -0.406 e. The van der Waals surface area contributed by atoms with E-state index in [1.165, 1.54) is 4.57 Å². The highest BCUT2D eigenvalue weighted by Crippen LogP contribution is 2.20. The Bertz CT molecular complexity index is 1050. The number of benzene rings is 1. The van der Waals surface area contributed by atoms with Gasteiger partial charge in [0.05, 0.1) is 0 Å². The van der Waals surface area contributed by atoms with Crippen molar-refractivity contribution in [3.8, 4) is 0 Å². The first-order valence-corrected chi connectivity index (χ1v) is 7.92. The first-order valence-electron chi connectivity index (χ1n) is 7.92. The van der Waals surface area contributed by atoms with Crippen molar-refractivity contribution in [1.82, 2.24) is 19.1 Å². The molecule has 7 nitrogen and oxygen atoms in total. The average molecular weight is 336 g/mol. The van der Waals surface area contributed by atoms with Gasteiger partial charge in [0.25, 0.3) is 0 Å². The average Bonchev–Trinajstić information content (AvgIpc) is 3.23. The van der Waals surface area contributed by atoms with Crippen LogP contribution in [-0.4, -0.2) is 24.2 Å². The van der Waals surface area contributed by atoms with E-state index in [0.29, 0.717) is 30.1 Å². The summed E-state index contributed by atoms with van der Waals surface area (Å²) in [4.78, 5) is 20.5. The van der Waals surface area contributed by atoms with E-state index in [-0.39, 0.29) is 0 Å². The molecule has 25 heavy (non-hydrogen) atoms. The van der Waals surface area contributed by atoms with Crippen molar-refractivity contribution in [3.05, 3.63) is 83.0 Å². The molecule has 1 N–H and O–H groups in total. The maximum atomic E-state index is 12.0. The number of aryl methyl sites for hydroxylation is 2. The predicted molar refractivity (Wildman–Crippen MR) is 91.0 cm³/mol. The molecule has 7 heteroatoms. The van der Waals surface area contributed by atoms with E-state index in [1.807, 2.05) is 34.9 Å². The van der Waals surface area contributed by atoms with Crippen LogP contribution in [0, 0.1) is 0 Å². The highest BCUT2D eigenvalue weighted by Gasteiger charge is 2.17. The van der Waals surface area contributed by atoms with Gasteiger partial charge in [-0.1, -0.05) is 30.3 Å². The molecule has 1 atom stereocenters. The molecule has 1 aromatic carbocycles. The summed E-state index contributed by atoms with van der Waals surface area (Å²) in [5.41, 5.74) is 1.74. The molecule has 0 aliphatic heterocycles. The van der Waals surface area contributed by atoms with Crippen molar-refractivity contribution in [1.29, 1.82) is 0 Å². The molecule has 0 bridgehead atoms. The molecule has 0 radical (unpaired) electrons. The van der Waals surface area contributed by atoms with Gasteiger partial charge in [0.2, 0.25) is 0 Å². The highest BCUT2D eigenvalue weighted by molar-refractivity contribution is 5.67. The Balaban J connectivity index is 1.59. The summed E-state index contributed by atoms with van der Waals surface area (Å²) in [5.74, 6) is 0.0824. The first kappa shape index (κ1) is 15.3. The molecule has 0 aliphatic rings. The minimum atomic E-state index is -0.827. The van der Waals surface area contributed by atoms with E-state index in [1.54, 1.807) is 30.7 Å². The monoisotopic (exact) mass is 336 g/mol. The maximum Gasteiger partial charge on any atom is 0.421 e. The van der Waals surface area contributed by atoms with Crippen LogP contribution in [0.4, 0.5) is 0 Å². The third-order valence-electron chi connectivity index (χ3n) is 4.10. The van der Waals surface area contributed by atoms with E-state index in [4.69, 9.17) is 4.42 Å². The van der Waals surface area contributed by atoms with Gasteiger partial charge < -0.3 is 14.1 Å². The zero-order valence-electron chi connectivity index (χ0n) is 13.3. The number of nitrogens with zero attached hydrogens (tertiary/aromatic N) is 4. The summed E-state index contributed by atoms with van der Waals surface area (Å²) in [6, 6.07) is 12.8. The summed E-state index contributed by atoms with van der Waals surface area (Å²) in [6.45, 7) is 0.831. The van der Waals surface area contributed by atoms with Gasteiger partial charge in [-0.05, 0) is 17.7 Å². The van der Waals surface area contributed by atoms with Crippen molar-refractivity contribution in [2.75, 3.05) is 0 Å². The summed E-state index contributed by atoms with van der Waals surface area (Å²) in [6.07, 6.45) is 4.21. The lowest BCUT2D eigenvalue weighted by molar-refractivity contribution is 0.203. The molecule has 0 amide bonds. The van der Waals surface area contributed by atoms with Gasteiger partial charge in [-0.3, -0.25) is 4.57 Å². The van der Waals surface area contributed by atoms with Gasteiger partial charge in [-0.15, -0.1) is 0 Å². The second-order valence-corrected chi connectivity index (χ2v) is 5.64. The molecule has 3 aromatic heterocycles. The lowest BCUT2D eigenvalue weighted by Gasteiger charge is -2.13. The van der Waals surface area contributed by atoms with Crippen LogP contribution in [0.25, 0.3) is 11.2 Å². The molecule has 0 aliphatic carbocycles. The number of aliphatic hydroxyl groups excluding tert-OH is 1. The zero-order valence-corrected chi connectivity index (χ0v) is 13.3. The Morgan fingerprint density at radius 2 is 1.88 bits per heavy atom. The molecule has 4 aromatic rings. The Morgan fingerprint density at radius 1 is 1.04 bits per heavy atom. The van der Waals surface area contributed by atoms with E-state index < -0.39 is 11.9 Å². The van der Waals surface area contributed by atoms with Crippen LogP contribution in [0.3, 0.4) is 0 Å². The van der Waals surface area contributed by atoms with E-state index in [0.717, 1.165) is 5.56 Å². The number of fused-ring (bicyclic) bond motifs is 1. The first-order chi connectivity index (χ1) is 12.2. The van der Waals surface area contributed by atoms with Crippen molar-refractivity contribution < 1.29 is 9.52 Å². The van der Waals surface area contributed by atoms with Crippen molar-refractivity contribution >= 4 is 11.2 Å². The highest BCUT2D eigenvalue weighted by atomic mass is 16.4. The van der Waals surface area contributed by atoms with Gasteiger partial charge in [-0.25, -0.2) is 14.8 Å². The Morgan fingerprint density at radius 3 is 2.72 bits per heavy atom. The number of pyridine rings is 1. The van der Waals surface area contributed by atoms with E-state index >= 15 is 0 Å². The van der Waals surface area contributed by atoms with Crippen molar-refractivity contribution in [3.63, 3.8) is 0 Å². The van der Waals surface area contributed by atoms with Crippen LogP contribution < -0.4 is 5.76 Å². The van der Waals surface area contributed by atoms with E-state index in [2.05, 4.69) is 9.97 Å². The van der Waals surface area contributed by atoms with Gasteiger partial charge >= 0.3 is 5.76 Å². The van der Waals surface area contributed by atoms with Gasteiger partial charge in [-0.2, -0.15) is 0 Å². The number of imidazole rings is 1. The molecule has 0 saturated carbocycles.